The van der Waals surface area contributed by atoms with E-state index >= 15 is 0 Å². The molecule has 8 heteroatoms. The van der Waals surface area contributed by atoms with Gasteiger partial charge < -0.3 is 10.2 Å². The topological polar surface area (TPSA) is 45.2 Å². The zero-order valence-corrected chi connectivity index (χ0v) is 14.0. The van der Waals surface area contributed by atoms with Gasteiger partial charge in [0, 0.05) is 31.2 Å². The summed E-state index contributed by atoms with van der Waals surface area (Å²) in [6, 6.07) is 1.40. The number of rotatable bonds is 3. The fraction of sp³-hybridized carbons (Fsp3) is 0.600. The van der Waals surface area contributed by atoms with Crippen LogP contribution < -0.4 is 10.2 Å². The summed E-state index contributed by atoms with van der Waals surface area (Å²) < 4.78 is 38.3. The second kappa shape index (κ2) is 6.30. The van der Waals surface area contributed by atoms with E-state index in [1.54, 1.807) is 0 Å². The molecular weight excluding hydrogens is 375 g/mol. The molecule has 2 aliphatic rings. The van der Waals surface area contributed by atoms with Crippen LogP contribution in [0.25, 0.3) is 0 Å². The van der Waals surface area contributed by atoms with E-state index in [1.807, 2.05) is 4.90 Å². The maximum atomic E-state index is 12.7. The molecule has 126 valence electrons. The molecule has 0 bridgehead atoms. The highest BCUT2D eigenvalue weighted by Crippen LogP contribution is 2.35. The van der Waals surface area contributed by atoms with E-state index < -0.39 is 11.7 Å². The van der Waals surface area contributed by atoms with Crippen LogP contribution in [0.2, 0.25) is 0 Å². The first-order valence-corrected chi connectivity index (χ1v) is 8.42. The fourth-order valence-electron chi connectivity index (χ4n) is 2.72. The number of nitrogens with one attached hydrogen (secondary N) is 1. The molecule has 2 heterocycles. The third-order valence-electron chi connectivity index (χ3n) is 4.24. The summed E-state index contributed by atoms with van der Waals surface area (Å²) in [4.78, 5) is 17.9. The lowest BCUT2D eigenvalue weighted by molar-refractivity contribution is -0.137. The minimum atomic E-state index is -4.40. The third-order valence-corrected chi connectivity index (χ3v) is 4.82. The van der Waals surface area contributed by atoms with Gasteiger partial charge in [0.1, 0.15) is 5.82 Å². The van der Waals surface area contributed by atoms with Crippen molar-refractivity contribution in [3.05, 3.63) is 22.3 Å². The molecule has 1 saturated heterocycles. The molecule has 1 aliphatic carbocycles. The molecule has 1 aromatic rings. The summed E-state index contributed by atoms with van der Waals surface area (Å²) >= 11 is 3.18. The number of nitrogens with zero attached hydrogens (tertiary/aromatic N) is 2. The first-order valence-electron chi connectivity index (χ1n) is 7.62. The molecule has 0 unspecified atom stereocenters. The average molecular weight is 392 g/mol. The maximum Gasteiger partial charge on any atom is 0.417 e. The van der Waals surface area contributed by atoms with E-state index in [0.29, 0.717) is 42.3 Å². The molecule has 1 N–H and O–H groups in total. The molecule has 2 fully saturated rings. The zero-order valence-electron chi connectivity index (χ0n) is 12.4. The van der Waals surface area contributed by atoms with E-state index in [4.69, 9.17) is 0 Å². The molecule has 1 aromatic heterocycles. The van der Waals surface area contributed by atoms with Gasteiger partial charge >= 0.3 is 6.18 Å². The first-order chi connectivity index (χ1) is 10.8. The van der Waals surface area contributed by atoms with Crippen LogP contribution in [0.5, 0.6) is 0 Å². The lowest BCUT2D eigenvalue weighted by Gasteiger charge is -2.32. The van der Waals surface area contributed by atoms with E-state index in [-0.39, 0.29) is 11.8 Å². The molecule has 0 spiro atoms. The van der Waals surface area contributed by atoms with Gasteiger partial charge in [-0.25, -0.2) is 4.98 Å². The first kappa shape index (κ1) is 16.5. The van der Waals surface area contributed by atoms with Crippen molar-refractivity contribution in [2.24, 2.45) is 5.92 Å². The second-order valence-electron chi connectivity index (χ2n) is 6.07. The van der Waals surface area contributed by atoms with Crippen LogP contribution in [-0.2, 0) is 11.0 Å². The Bertz CT molecular complexity index is 596. The van der Waals surface area contributed by atoms with Crippen molar-refractivity contribution >= 4 is 27.7 Å². The van der Waals surface area contributed by atoms with Gasteiger partial charge in [-0.3, -0.25) is 4.79 Å². The second-order valence-corrected chi connectivity index (χ2v) is 6.93. The van der Waals surface area contributed by atoms with Gasteiger partial charge in [0.2, 0.25) is 5.91 Å². The lowest BCUT2D eigenvalue weighted by Crippen LogP contribution is -2.41. The highest BCUT2D eigenvalue weighted by Gasteiger charge is 2.33. The molecule has 0 radical (unpaired) electrons. The van der Waals surface area contributed by atoms with E-state index in [0.717, 1.165) is 25.1 Å². The molecule has 23 heavy (non-hydrogen) atoms. The summed E-state index contributed by atoms with van der Waals surface area (Å²) in [6.45, 7) is 1.22. The van der Waals surface area contributed by atoms with Gasteiger partial charge in [-0.05, 0) is 47.7 Å². The fourth-order valence-corrected chi connectivity index (χ4v) is 3.32. The van der Waals surface area contributed by atoms with Crippen LogP contribution in [0.3, 0.4) is 0 Å². The van der Waals surface area contributed by atoms with Crippen molar-refractivity contribution in [1.82, 2.24) is 10.3 Å². The van der Waals surface area contributed by atoms with Gasteiger partial charge in [0.15, 0.2) is 0 Å². The standard InChI is InChI=1S/C15H17BrF3N3O/c16-12-7-10(15(17,18)19)8-20-13(12)22-5-3-9(4-6-22)14(23)21-11-1-2-11/h7-9,11H,1-6H2,(H,21,23). The largest absolute Gasteiger partial charge is 0.417 e. The van der Waals surface area contributed by atoms with Gasteiger partial charge in [-0.1, -0.05) is 0 Å². The highest BCUT2D eigenvalue weighted by atomic mass is 79.9. The van der Waals surface area contributed by atoms with Crippen LogP contribution >= 0.6 is 15.9 Å². The number of carbonyl (C=O) groups excluding carboxylic acids is 1. The lowest BCUT2D eigenvalue weighted by atomic mass is 9.96. The van der Waals surface area contributed by atoms with Crippen LogP contribution in [0.15, 0.2) is 16.7 Å². The zero-order chi connectivity index (χ0) is 16.6. The molecule has 0 aromatic carbocycles. The summed E-state index contributed by atoms with van der Waals surface area (Å²) in [5.41, 5.74) is -0.771. The smallest absolute Gasteiger partial charge is 0.356 e. The monoisotopic (exact) mass is 391 g/mol. The number of amides is 1. The van der Waals surface area contributed by atoms with E-state index in [1.165, 1.54) is 0 Å². The SMILES string of the molecule is O=C(NC1CC1)C1CCN(c2ncc(C(F)(F)F)cc2Br)CC1. The number of piperidine rings is 1. The molecule has 3 rings (SSSR count). The number of halogens is 4. The summed E-state index contributed by atoms with van der Waals surface area (Å²) in [5.74, 6) is 0.589. The molecule has 1 saturated carbocycles. The Morgan fingerprint density at radius 2 is 1.91 bits per heavy atom. The Morgan fingerprint density at radius 1 is 1.26 bits per heavy atom. The number of hydrogen-bond acceptors (Lipinski definition) is 3. The Labute approximate surface area is 140 Å². The van der Waals surface area contributed by atoms with Crippen LogP contribution in [0, 0.1) is 5.92 Å². The molecule has 0 atom stereocenters. The van der Waals surface area contributed by atoms with E-state index in [9.17, 15) is 18.0 Å². The van der Waals surface area contributed by atoms with Crippen LogP contribution in [0.1, 0.15) is 31.2 Å². The Hall–Kier alpha value is -1.31. The number of hydrogen-bond donors (Lipinski definition) is 1. The van der Waals surface area contributed by atoms with Crippen molar-refractivity contribution < 1.29 is 18.0 Å². The minimum Gasteiger partial charge on any atom is -0.356 e. The number of pyridine rings is 1. The van der Waals surface area contributed by atoms with Gasteiger partial charge in [0.25, 0.3) is 0 Å². The van der Waals surface area contributed by atoms with Crippen molar-refractivity contribution in [2.75, 3.05) is 18.0 Å². The number of alkyl halides is 3. The van der Waals surface area contributed by atoms with Crippen molar-refractivity contribution in [3.8, 4) is 0 Å². The summed E-state index contributed by atoms with van der Waals surface area (Å²) in [6.07, 6.45) is -0.0463. The molecule has 1 aliphatic heterocycles. The third kappa shape index (κ3) is 3.97. The van der Waals surface area contributed by atoms with Gasteiger partial charge in [0.05, 0.1) is 10.0 Å². The van der Waals surface area contributed by atoms with E-state index in [2.05, 4.69) is 26.2 Å². The van der Waals surface area contributed by atoms with Crippen molar-refractivity contribution in [2.45, 2.75) is 37.9 Å². The Morgan fingerprint density at radius 3 is 2.43 bits per heavy atom. The average Bonchev–Trinajstić information content (AvgIpc) is 3.30. The van der Waals surface area contributed by atoms with Crippen LogP contribution in [0.4, 0.5) is 19.0 Å². The Balaban J connectivity index is 1.62. The number of carbonyl (C=O) groups is 1. The van der Waals surface area contributed by atoms with Crippen molar-refractivity contribution in [3.63, 3.8) is 0 Å². The predicted molar refractivity (Wildman–Crippen MR) is 83.0 cm³/mol. The quantitative estimate of drug-likeness (QED) is 0.858. The normalized spacial score (nSPS) is 19.7. The van der Waals surface area contributed by atoms with Gasteiger partial charge in [-0.2, -0.15) is 13.2 Å². The summed E-state index contributed by atoms with van der Waals surface area (Å²) in [7, 11) is 0. The summed E-state index contributed by atoms with van der Waals surface area (Å²) in [5, 5.41) is 3.01. The van der Waals surface area contributed by atoms with Crippen molar-refractivity contribution in [1.29, 1.82) is 0 Å². The molecule has 4 nitrogen and oxygen atoms in total. The predicted octanol–water partition coefficient (Wildman–Crippen LogP) is 3.36. The van der Waals surface area contributed by atoms with Gasteiger partial charge in [-0.15, -0.1) is 0 Å². The highest BCUT2D eigenvalue weighted by molar-refractivity contribution is 9.10. The van der Waals surface area contributed by atoms with Crippen LogP contribution in [-0.4, -0.2) is 30.0 Å². The maximum absolute atomic E-state index is 12.7. The number of aromatic nitrogens is 1. The Kier molecular flexibility index (Phi) is 4.53. The minimum absolute atomic E-state index is 0.0138. The molecule has 1 amide bonds. The number of anilines is 1. The molecular formula is C15H17BrF3N3O.